The molecule has 0 atom stereocenters. The maximum atomic E-state index is 5.32. The standard InChI is InChI=1S/C19H14N4S/c24-19-22-21-18(15-8-2-1-3-9-15)23(19)20-13-16-11-6-10-14-7-4-5-12-17(14)16/h1-13H,(H,22,24)/b20-13+. The molecule has 0 saturated carbocycles. The molecule has 0 unspecified atom stereocenters. The van der Waals surface area contributed by atoms with Crippen LogP contribution >= 0.6 is 12.2 Å². The van der Waals surface area contributed by atoms with Gasteiger partial charge in [0.05, 0.1) is 6.21 Å². The van der Waals surface area contributed by atoms with Gasteiger partial charge in [-0.05, 0) is 23.0 Å². The Kier molecular flexibility index (Phi) is 3.76. The summed E-state index contributed by atoms with van der Waals surface area (Å²) in [7, 11) is 0. The number of hydrogen-bond acceptors (Lipinski definition) is 3. The van der Waals surface area contributed by atoms with E-state index in [0.29, 0.717) is 10.6 Å². The third-order valence-electron chi connectivity index (χ3n) is 3.82. The highest BCUT2D eigenvalue weighted by atomic mass is 32.1. The highest BCUT2D eigenvalue weighted by Crippen LogP contribution is 2.19. The highest BCUT2D eigenvalue weighted by molar-refractivity contribution is 7.71. The van der Waals surface area contributed by atoms with Crippen LogP contribution < -0.4 is 0 Å². The summed E-state index contributed by atoms with van der Waals surface area (Å²) in [6.07, 6.45) is 1.82. The zero-order chi connectivity index (χ0) is 16.4. The Morgan fingerprint density at radius 3 is 2.54 bits per heavy atom. The average Bonchev–Trinajstić information content (AvgIpc) is 3.01. The summed E-state index contributed by atoms with van der Waals surface area (Å²) in [6, 6.07) is 24.2. The fraction of sp³-hybridized carbons (Fsp3) is 0. The van der Waals surface area contributed by atoms with Crippen molar-refractivity contribution in [3.8, 4) is 11.4 Å². The van der Waals surface area contributed by atoms with Crippen molar-refractivity contribution in [2.24, 2.45) is 5.10 Å². The lowest BCUT2D eigenvalue weighted by Crippen LogP contribution is -1.95. The smallest absolute Gasteiger partial charge is 0.216 e. The van der Waals surface area contributed by atoms with Gasteiger partial charge < -0.3 is 0 Å². The quantitative estimate of drug-likeness (QED) is 0.439. The molecule has 5 heteroatoms. The van der Waals surface area contributed by atoms with Crippen molar-refractivity contribution in [1.29, 1.82) is 0 Å². The maximum Gasteiger partial charge on any atom is 0.216 e. The molecule has 0 bridgehead atoms. The fourth-order valence-corrected chi connectivity index (χ4v) is 2.84. The zero-order valence-electron chi connectivity index (χ0n) is 12.8. The molecule has 0 saturated heterocycles. The van der Waals surface area contributed by atoms with E-state index in [1.165, 1.54) is 5.39 Å². The summed E-state index contributed by atoms with van der Waals surface area (Å²) < 4.78 is 2.11. The predicted octanol–water partition coefficient (Wildman–Crippen LogP) is 4.64. The molecule has 0 aliphatic rings. The van der Waals surface area contributed by atoms with Gasteiger partial charge in [-0.2, -0.15) is 14.9 Å². The Bertz CT molecular complexity index is 1070. The van der Waals surface area contributed by atoms with E-state index < -0.39 is 0 Å². The number of aromatic nitrogens is 3. The van der Waals surface area contributed by atoms with Crippen molar-refractivity contribution in [3.05, 3.63) is 83.1 Å². The Hall–Kier alpha value is -3.05. The molecule has 0 radical (unpaired) electrons. The fourth-order valence-electron chi connectivity index (χ4n) is 2.66. The number of aromatic amines is 1. The number of benzene rings is 3. The molecule has 1 heterocycles. The van der Waals surface area contributed by atoms with E-state index in [1.807, 2.05) is 60.8 Å². The minimum Gasteiger partial charge on any atom is -0.250 e. The summed E-state index contributed by atoms with van der Waals surface area (Å²) in [5.41, 5.74) is 2.00. The van der Waals surface area contributed by atoms with Crippen molar-refractivity contribution >= 4 is 29.2 Å². The lowest BCUT2D eigenvalue weighted by molar-refractivity contribution is 0.872. The molecule has 1 aromatic heterocycles. The van der Waals surface area contributed by atoms with E-state index >= 15 is 0 Å². The third kappa shape index (κ3) is 2.66. The van der Waals surface area contributed by atoms with E-state index in [0.717, 1.165) is 16.5 Å². The molecule has 0 spiro atoms. The molecular weight excluding hydrogens is 316 g/mol. The molecule has 4 rings (SSSR count). The van der Waals surface area contributed by atoms with E-state index in [9.17, 15) is 0 Å². The van der Waals surface area contributed by atoms with Crippen molar-refractivity contribution in [1.82, 2.24) is 14.9 Å². The van der Waals surface area contributed by atoms with E-state index in [4.69, 9.17) is 12.2 Å². The van der Waals surface area contributed by atoms with Gasteiger partial charge in [-0.15, -0.1) is 0 Å². The molecule has 116 valence electrons. The van der Waals surface area contributed by atoms with Crippen LogP contribution in [0.15, 0.2) is 77.9 Å². The Balaban J connectivity index is 1.80. The lowest BCUT2D eigenvalue weighted by Gasteiger charge is -2.03. The molecule has 0 amide bonds. The molecule has 1 N–H and O–H groups in total. The molecule has 3 aromatic carbocycles. The number of nitrogens with one attached hydrogen (secondary N) is 1. The average molecular weight is 330 g/mol. The van der Waals surface area contributed by atoms with Gasteiger partial charge in [-0.3, -0.25) is 0 Å². The van der Waals surface area contributed by atoms with E-state index in [-0.39, 0.29) is 0 Å². The Labute approximate surface area is 144 Å². The second kappa shape index (κ2) is 6.22. The topological polar surface area (TPSA) is 46.0 Å². The minimum absolute atomic E-state index is 0.463. The third-order valence-corrected chi connectivity index (χ3v) is 4.08. The van der Waals surface area contributed by atoms with Gasteiger partial charge in [-0.1, -0.05) is 72.8 Å². The van der Waals surface area contributed by atoms with Gasteiger partial charge >= 0.3 is 0 Å². The van der Waals surface area contributed by atoms with Crippen LogP contribution in [0.3, 0.4) is 0 Å². The summed E-state index contributed by atoms with van der Waals surface area (Å²) in [5, 5.41) is 14.0. The first-order chi connectivity index (χ1) is 11.8. The van der Waals surface area contributed by atoms with Crippen LogP contribution in [0.5, 0.6) is 0 Å². The molecule has 24 heavy (non-hydrogen) atoms. The van der Waals surface area contributed by atoms with Crippen LogP contribution in [0.4, 0.5) is 0 Å². The van der Waals surface area contributed by atoms with Crippen LogP contribution in [-0.4, -0.2) is 21.1 Å². The van der Waals surface area contributed by atoms with Crippen molar-refractivity contribution in [2.75, 3.05) is 0 Å². The number of H-pyrrole nitrogens is 1. The normalized spacial score (nSPS) is 11.3. The SMILES string of the molecule is S=c1[nH]nc(-c2ccccc2)n1/N=C/c1cccc2ccccc12. The first-order valence-electron chi connectivity index (χ1n) is 7.58. The van der Waals surface area contributed by atoms with Gasteiger partial charge in [0.15, 0.2) is 5.82 Å². The van der Waals surface area contributed by atoms with Gasteiger partial charge in [-0.25, -0.2) is 5.10 Å². The van der Waals surface area contributed by atoms with Gasteiger partial charge in [0.1, 0.15) is 0 Å². The van der Waals surface area contributed by atoms with Crippen LogP contribution in [0.2, 0.25) is 0 Å². The number of fused-ring (bicyclic) bond motifs is 1. The van der Waals surface area contributed by atoms with Crippen LogP contribution in [-0.2, 0) is 0 Å². The van der Waals surface area contributed by atoms with Gasteiger partial charge in [0, 0.05) is 11.1 Å². The summed E-state index contributed by atoms with van der Waals surface area (Å²) >= 11 is 5.32. The monoisotopic (exact) mass is 330 g/mol. The summed E-state index contributed by atoms with van der Waals surface area (Å²) in [5.74, 6) is 0.692. The predicted molar refractivity (Wildman–Crippen MR) is 99.8 cm³/mol. The summed E-state index contributed by atoms with van der Waals surface area (Å²) in [4.78, 5) is 0. The number of hydrogen-bond donors (Lipinski definition) is 1. The first-order valence-corrected chi connectivity index (χ1v) is 7.99. The van der Waals surface area contributed by atoms with Crippen LogP contribution in [0.1, 0.15) is 5.56 Å². The molecule has 4 aromatic rings. The molecular formula is C19H14N4S. The Morgan fingerprint density at radius 2 is 1.67 bits per heavy atom. The van der Waals surface area contributed by atoms with Crippen molar-refractivity contribution in [3.63, 3.8) is 0 Å². The largest absolute Gasteiger partial charge is 0.250 e. The molecule has 4 nitrogen and oxygen atoms in total. The first kappa shape index (κ1) is 14.5. The van der Waals surface area contributed by atoms with Gasteiger partial charge in [0.2, 0.25) is 4.77 Å². The van der Waals surface area contributed by atoms with E-state index in [1.54, 1.807) is 4.68 Å². The maximum absolute atomic E-state index is 5.32. The molecule has 0 fully saturated rings. The lowest BCUT2D eigenvalue weighted by atomic mass is 10.1. The second-order valence-electron chi connectivity index (χ2n) is 5.34. The zero-order valence-corrected chi connectivity index (χ0v) is 13.6. The minimum atomic E-state index is 0.463. The van der Waals surface area contributed by atoms with Crippen LogP contribution in [0.25, 0.3) is 22.2 Å². The summed E-state index contributed by atoms with van der Waals surface area (Å²) in [6.45, 7) is 0. The van der Waals surface area contributed by atoms with Crippen molar-refractivity contribution < 1.29 is 0 Å². The molecule has 0 aliphatic heterocycles. The Morgan fingerprint density at radius 1 is 0.917 bits per heavy atom. The number of rotatable bonds is 3. The van der Waals surface area contributed by atoms with Crippen molar-refractivity contribution in [2.45, 2.75) is 0 Å². The number of nitrogens with zero attached hydrogens (tertiary/aromatic N) is 3. The molecule has 0 aliphatic carbocycles. The van der Waals surface area contributed by atoms with Gasteiger partial charge in [0.25, 0.3) is 0 Å². The highest BCUT2D eigenvalue weighted by Gasteiger charge is 2.07. The van der Waals surface area contributed by atoms with E-state index in [2.05, 4.69) is 33.5 Å². The van der Waals surface area contributed by atoms with Crippen LogP contribution in [0, 0.1) is 4.77 Å². The second-order valence-corrected chi connectivity index (χ2v) is 5.73.